The van der Waals surface area contributed by atoms with Gasteiger partial charge in [0, 0.05) is 0 Å². The van der Waals surface area contributed by atoms with Crippen LogP contribution in [-0.4, -0.2) is 13.1 Å². The number of carbonyl (C=O) groups is 1. The number of rotatable bonds is 2. The quantitative estimate of drug-likeness (QED) is 0.746. The highest BCUT2D eigenvalue weighted by molar-refractivity contribution is 5.73. The SMILES string of the molecule is COC(=O)C1C2CCCCC1CC(c1ccccc1)CC2. The highest BCUT2D eigenvalue weighted by atomic mass is 16.5. The van der Waals surface area contributed by atoms with Gasteiger partial charge in [-0.05, 0) is 55.4 Å². The molecule has 0 heterocycles. The van der Waals surface area contributed by atoms with E-state index in [1.165, 1.54) is 44.1 Å². The monoisotopic (exact) mass is 286 g/mol. The van der Waals surface area contributed by atoms with Crippen molar-refractivity contribution in [2.24, 2.45) is 17.8 Å². The van der Waals surface area contributed by atoms with Crippen LogP contribution in [0.15, 0.2) is 30.3 Å². The second kappa shape index (κ2) is 6.64. The maximum Gasteiger partial charge on any atom is 0.309 e. The summed E-state index contributed by atoms with van der Waals surface area (Å²) in [6, 6.07) is 10.9. The average Bonchev–Trinajstić information content (AvgIpc) is 2.85. The molecule has 3 rings (SSSR count). The molecule has 4 atom stereocenters. The predicted octanol–water partition coefficient (Wildman–Crippen LogP) is 4.55. The number of benzene rings is 1. The van der Waals surface area contributed by atoms with Gasteiger partial charge in [-0.2, -0.15) is 0 Å². The maximum atomic E-state index is 12.3. The normalized spacial score (nSPS) is 32.8. The van der Waals surface area contributed by atoms with Gasteiger partial charge in [-0.3, -0.25) is 4.79 Å². The Morgan fingerprint density at radius 2 is 1.71 bits per heavy atom. The predicted molar refractivity (Wildman–Crippen MR) is 84.0 cm³/mol. The van der Waals surface area contributed by atoms with E-state index in [-0.39, 0.29) is 11.9 Å². The Hall–Kier alpha value is -1.31. The van der Waals surface area contributed by atoms with Crippen molar-refractivity contribution in [3.8, 4) is 0 Å². The van der Waals surface area contributed by atoms with Crippen LogP contribution in [0.5, 0.6) is 0 Å². The van der Waals surface area contributed by atoms with E-state index in [0.29, 0.717) is 17.8 Å². The van der Waals surface area contributed by atoms with Crippen LogP contribution in [0.1, 0.15) is 56.4 Å². The summed E-state index contributed by atoms with van der Waals surface area (Å²) in [5, 5.41) is 0. The van der Waals surface area contributed by atoms with E-state index >= 15 is 0 Å². The van der Waals surface area contributed by atoms with Gasteiger partial charge in [0.1, 0.15) is 0 Å². The molecule has 4 unspecified atom stereocenters. The molecule has 0 saturated heterocycles. The van der Waals surface area contributed by atoms with Gasteiger partial charge in [-0.1, -0.05) is 43.2 Å². The first-order valence-electron chi connectivity index (χ1n) is 8.42. The Bertz CT molecular complexity index is 468. The zero-order valence-electron chi connectivity index (χ0n) is 13.0. The molecule has 21 heavy (non-hydrogen) atoms. The fraction of sp³-hybridized carbons (Fsp3) is 0.632. The van der Waals surface area contributed by atoms with E-state index in [4.69, 9.17) is 4.74 Å². The number of fused-ring (bicyclic) bond motifs is 2. The molecular formula is C19H26O2. The summed E-state index contributed by atoms with van der Waals surface area (Å²) in [5.74, 6) is 1.86. The van der Waals surface area contributed by atoms with Crippen molar-refractivity contribution in [2.45, 2.75) is 50.9 Å². The van der Waals surface area contributed by atoms with Gasteiger partial charge >= 0.3 is 5.97 Å². The zero-order valence-corrected chi connectivity index (χ0v) is 13.0. The summed E-state index contributed by atoms with van der Waals surface area (Å²) >= 11 is 0. The molecule has 1 aromatic carbocycles. The van der Waals surface area contributed by atoms with Crippen LogP contribution < -0.4 is 0 Å². The number of carbonyl (C=O) groups excluding carboxylic acids is 1. The summed E-state index contributed by atoms with van der Waals surface area (Å²) in [6.07, 6.45) is 8.51. The summed E-state index contributed by atoms with van der Waals surface area (Å²) in [5.41, 5.74) is 1.45. The lowest BCUT2D eigenvalue weighted by atomic mass is 9.78. The molecule has 0 radical (unpaired) electrons. The van der Waals surface area contributed by atoms with Crippen LogP contribution in [0, 0.1) is 17.8 Å². The molecule has 0 aromatic heterocycles. The second-order valence-corrected chi connectivity index (χ2v) is 6.77. The topological polar surface area (TPSA) is 26.3 Å². The first kappa shape index (κ1) is 14.6. The van der Waals surface area contributed by atoms with E-state index in [1.807, 2.05) is 0 Å². The second-order valence-electron chi connectivity index (χ2n) is 6.77. The molecule has 1 aromatic rings. The summed E-state index contributed by atoms with van der Waals surface area (Å²) < 4.78 is 5.14. The van der Waals surface area contributed by atoms with Crippen LogP contribution in [0.25, 0.3) is 0 Å². The maximum absolute atomic E-state index is 12.3. The van der Waals surface area contributed by atoms with Crippen LogP contribution in [-0.2, 0) is 9.53 Å². The van der Waals surface area contributed by atoms with E-state index < -0.39 is 0 Å². The van der Waals surface area contributed by atoms with Gasteiger partial charge in [0.25, 0.3) is 0 Å². The Balaban J connectivity index is 1.85. The lowest BCUT2D eigenvalue weighted by Crippen LogP contribution is -2.30. The number of methoxy groups -OCH3 is 1. The Labute approximate surface area is 127 Å². The molecule has 0 N–H and O–H groups in total. The molecule has 2 heteroatoms. The standard InChI is InChI=1S/C19H26O2/c1-21-19(20)18-15-9-5-6-10-17(18)13-16(12-11-15)14-7-3-2-4-8-14/h2-4,7-8,15-18H,5-6,9-13H2,1H3. The van der Waals surface area contributed by atoms with Crippen molar-refractivity contribution < 1.29 is 9.53 Å². The van der Waals surface area contributed by atoms with Crippen LogP contribution in [0.4, 0.5) is 0 Å². The van der Waals surface area contributed by atoms with Gasteiger partial charge in [-0.25, -0.2) is 0 Å². The number of ether oxygens (including phenoxy) is 1. The summed E-state index contributed by atoms with van der Waals surface area (Å²) in [4.78, 5) is 12.3. The van der Waals surface area contributed by atoms with Gasteiger partial charge in [0.2, 0.25) is 0 Å². The van der Waals surface area contributed by atoms with Gasteiger partial charge in [0.05, 0.1) is 13.0 Å². The van der Waals surface area contributed by atoms with E-state index in [2.05, 4.69) is 30.3 Å². The molecule has 2 aliphatic carbocycles. The molecule has 114 valence electrons. The minimum absolute atomic E-state index is 0.0422. The van der Waals surface area contributed by atoms with Crippen LogP contribution in [0.3, 0.4) is 0 Å². The van der Waals surface area contributed by atoms with Crippen molar-refractivity contribution in [3.05, 3.63) is 35.9 Å². The first-order chi connectivity index (χ1) is 10.3. The average molecular weight is 286 g/mol. The Morgan fingerprint density at radius 3 is 2.43 bits per heavy atom. The molecule has 2 nitrogen and oxygen atoms in total. The highest BCUT2D eigenvalue weighted by Gasteiger charge is 2.41. The third kappa shape index (κ3) is 3.14. The fourth-order valence-corrected chi connectivity index (χ4v) is 4.59. The number of hydrogen-bond donors (Lipinski definition) is 0. The lowest BCUT2D eigenvalue weighted by Gasteiger charge is -2.27. The number of hydrogen-bond acceptors (Lipinski definition) is 2. The molecule has 2 saturated carbocycles. The minimum Gasteiger partial charge on any atom is -0.469 e. The highest BCUT2D eigenvalue weighted by Crippen LogP contribution is 2.46. The van der Waals surface area contributed by atoms with E-state index in [9.17, 15) is 4.79 Å². The largest absolute Gasteiger partial charge is 0.469 e. The third-order valence-electron chi connectivity index (χ3n) is 5.63. The van der Waals surface area contributed by atoms with Crippen molar-refractivity contribution >= 4 is 5.97 Å². The molecule has 0 spiro atoms. The van der Waals surface area contributed by atoms with Crippen LogP contribution in [0.2, 0.25) is 0 Å². The van der Waals surface area contributed by atoms with Gasteiger partial charge < -0.3 is 4.74 Å². The van der Waals surface area contributed by atoms with Crippen molar-refractivity contribution in [1.82, 2.24) is 0 Å². The first-order valence-corrected chi connectivity index (χ1v) is 8.42. The molecule has 2 bridgehead atoms. The lowest BCUT2D eigenvalue weighted by molar-refractivity contribution is -0.149. The third-order valence-corrected chi connectivity index (χ3v) is 5.63. The molecule has 2 fully saturated rings. The van der Waals surface area contributed by atoms with Crippen molar-refractivity contribution in [2.75, 3.05) is 7.11 Å². The number of esters is 1. The van der Waals surface area contributed by atoms with Crippen molar-refractivity contribution in [3.63, 3.8) is 0 Å². The Kier molecular flexibility index (Phi) is 4.62. The van der Waals surface area contributed by atoms with E-state index in [1.54, 1.807) is 7.11 Å². The van der Waals surface area contributed by atoms with Gasteiger partial charge in [0.15, 0.2) is 0 Å². The van der Waals surface area contributed by atoms with Crippen molar-refractivity contribution in [1.29, 1.82) is 0 Å². The van der Waals surface area contributed by atoms with Crippen LogP contribution >= 0.6 is 0 Å². The van der Waals surface area contributed by atoms with E-state index in [0.717, 1.165) is 6.42 Å². The zero-order chi connectivity index (χ0) is 14.7. The molecule has 2 aliphatic rings. The summed E-state index contributed by atoms with van der Waals surface area (Å²) in [7, 11) is 1.55. The fourth-order valence-electron chi connectivity index (χ4n) is 4.59. The summed E-state index contributed by atoms with van der Waals surface area (Å²) in [6.45, 7) is 0. The minimum atomic E-state index is 0.0422. The van der Waals surface area contributed by atoms with Gasteiger partial charge in [-0.15, -0.1) is 0 Å². The Morgan fingerprint density at radius 1 is 1.00 bits per heavy atom. The molecular weight excluding hydrogens is 260 g/mol. The molecule has 0 aliphatic heterocycles. The molecule has 0 amide bonds. The smallest absolute Gasteiger partial charge is 0.309 e.